The monoisotopic (exact) mass is 392 g/mol. The van der Waals surface area contributed by atoms with Crippen molar-refractivity contribution >= 4 is 22.9 Å². The van der Waals surface area contributed by atoms with Gasteiger partial charge in [-0.2, -0.15) is 5.10 Å². The van der Waals surface area contributed by atoms with Gasteiger partial charge < -0.3 is 10.4 Å². The molecule has 1 saturated carbocycles. The molecular weight excluding hydrogens is 368 g/mol. The number of carbonyl (C=O) groups is 2. The Balaban J connectivity index is 1.75. The van der Waals surface area contributed by atoms with Crippen molar-refractivity contribution in [2.24, 2.45) is 5.92 Å². The van der Waals surface area contributed by atoms with Crippen molar-refractivity contribution in [2.75, 3.05) is 0 Å². The third-order valence-electron chi connectivity index (χ3n) is 5.54. The number of amides is 1. The van der Waals surface area contributed by atoms with E-state index >= 15 is 0 Å². The number of aromatic nitrogens is 3. The normalized spacial score (nSPS) is 18.6. The molecule has 1 fully saturated rings. The molecule has 0 bridgehead atoms. The van der Waals surface area contributed by atoms with Crippen molar-refractivity contribution in [3.63, 3.8) is 0 Å². The first-order chi connectivity index (χ1) is 13.8. The standard InChI is InChI=1S/C22H24N4O3/c1-12(2)26-20-18(11-23-26)17(21(27)24-15-8-14(9-15)22(28)29)10-19(25-20)16-7-5-4-6-13(16)3/h4-7,10-12,14-15H,8-9H2,1-3H3,(H,24,27)(H,28,29). The van der Waals surface area contributed by atoms with Gasteiger partial charge in [-0.25, -0.2) is 9.67 Å². The van der Waals surface area contributed by atoms with Gasteiger partial charge in [-0.15, -0.1) is 0 Å². The van der Waals surface area contributed by atoms with Gasteiger partial charge in [-0.1, -0.05) is 24.3 Å². The van der Waals surface area contributed by atoms with Gasteiger partial charge in [0, 0.05) is 17.6 Å². The van der Waals surface area contributed by atoms with E-state index < -0.39 is 5.97 Å². The highest BCUT2D eigenvalue weighted by molar-refractivity contribution is 6.06. The average Bonchev–Trinajstić information content (AvgIpc) is 3.07. The van der Waals surface area contributed by atoms with Crippen molar-refractivity contribution in [1.82, 2.24) is 20.1 Å². The van der Waals surface area contributed by atoms with E-state index in [0.29, 0.717) is 29.4 Å². The lowest BCUT2D eigenvalue weighted by Crippen LogP contribution is -2.46. The summed E-state index contributed by atoms with van der Waals surface area (Å²) in [5.74, 6) is -1.39. The number of hydrogen-bond donors (Lipinski definition) is 2. The summed E-state index contributed by atoms with van der Waals surface area (Å²) < 4.78 is 1.82. The number of aliphatic carboxylic acids is 1. The van der Waals surface area contributed by atoms with Gasteiger partial charge in [0.2, 0.25) is 0 Å². The van der Waals surface area contributed by atoms with E-state index in [2.05, 4.69) is 10.4 Å². The van der Waals surface area contributed by atoms with Crippen LogP contribution >= 0.6 is 0 Å². The van der Waals surface area contributed by atoms with E-state index in [1.165, 1.54) is 0 Å². The van der Waals surface area contributed by atoms with Crippen LogP contribution in [0.2, 0.25) is 0 Å². The summed E-state index contributed by atoms with van der Waals surface area (Å²) in [5.41, 5.74) is 3.95. The van der Waals surface area contributed by atoms with Crippen LogP contribution in [0.1, 0.15) is 48.7 Å². The maximum Gasteiger partial charge on any atom is 0.306 e. The van der Waals surface area contributed by atoms with Crippen LogP contribution < -0.4 is 5.32 Å². The van der Waals surface area contributed by atoms with E-state index in [9.17, 15) is 9.59 Å². The van der Waals surface area contributed by atoms with Crippen LogP contribution in [0.4, 0.5) is 0 Å². The van der Waals surface area contributed by atoms with Gasteiger partial charge in [0.15, 0.2) is 5.65 Å². The zero-order valence-corrected chi connectivity index (χ0v) is 16.7. The van der Waals surface area contributed by atoms with Gasteiger partial charge in [-0.3, -0.25) is 9.59 Å². The SMILES string of the molecule is Cc1ccccc1-c1cc(C(=O)NC2CC(C(=O)O)C2)c2cnn(C(C)C)c2n1. The number of aryl methyl sites for hydroxylation is 1. The largest absolute Gasteiger partial charge is 0.481 e. The molecule has 1 amide bonds. The molecule has 150 valence electrons. The van der Waals surface area contributed by atoms with Crippen molar-refractivity contribution in [3.8, 4) is 11.3 Å². The van der Waals surface area contributed by atoms with Crippen molar-refractivity contribution < 1.29 is 14.7 Å². The molecule has 7 heteroatoms. The van der Waals surface area contributed by atoms with E-state index in [4.69, 9.17) is 10.1 Å². The van der Waals surface area contributed by atoms with Crippen molar-refractivity contribution in [3.05, 3.63) is 47.7 Å². The van der Waals surface area contributed by atoms with Crippen LogP contribution in [0.15, 0.2) is 36.5 Å². The van der Waals surface area contributed by atoms with Crippen LogP contribution in [0, 0.1) is 12.8 Å². The topological polar surface area (TPSA) is 97.1 Å². The minimum absolute atomic E-state index is 0.103. The first-order valence-electron chi connectivity index (χ1n) is 9.83. The minimum atomic E-state index is -0.804. The number of nitrogens with one attached hydrogen (secondary N) is 1. The predicted octanol–water partition coefficient (Wildman–Crippen LogP) is 3.58. The lowest BCUT2D eigenvalue weighted by molar-refractivity contribution is -0.145. The number of carbonyl (C=O) groups excluding carboxylic acids is 1. The molecule has 2 heterocycles. The smallest absolute Gasteiger partial charge is 0.306 e. The van der Waals surface area contributed by atoms with Gasteiger partial charge in [0.1, 0.15) is 0 Å². The first kappa shape index (κ1) is 19.1. The molecule has 1 aliphatic carbocycles. The highest BCUT2D eigenvalue weighted by Gasteiger charge is 2.35. The summed E-state index contributed by atoms with van der Waals surface area (Å²) in [6.45, 7) is 6.06. The Bertz CT molecular complexity index is 1100. The van der Waals surface area contributed by atoms with Crippen LogP contribution in [-0.2, 0) is 4.79 Å². The molecule has 0 unspecified atom stereocenters. The van der Waals surface area contributed by atoms with Crippen LogP contribution in [0.3, 0.4) is 0 Å². The number of nitrogens with zero attached hydrogens (tertiary/aromatic N) is 3. The Morgan fingerprint density at radius 1 is 1.24 bits per heavy atom. The molecule has 1 aliphatic rings. The van der Waals surface area contributed by atoms with E-state index in [0.717, 1.165) is 16.8 Å². The number of pyridine rings is 1. The molecule has 7 nitrogen and oxygen atoms in total. The molecule has 0 radical (unpaired) electrons. The zero-order chi connectivity index (χ0) is 20.7. The Kier molecular flexibility index (Phi) is 4.82. The molecular formula is C22H24N4O3. The quantitative estimate of drug-likeness (QED) is 0.692. The van der Waals surface area contributed by atoms with Gasteiger partial charge in [0.05, 0.1) is 28.8 Å². The molecule has 0 spiro atoms. The number of rotatable bonds is 5. The van der Waals surface area contributed by atoms with E-state index in [1.807, 2.05) is 49.7 Å². The highest BCUT2D eigenvalue weighted by atomic mass is 16.4. The second-order valence-electron chi connectivity index (χ2n) is 7.97. The highest BCUT2D eigenvalue weighted by Crippen LogP contribution is 2.30. The van der Waals surface area contributed by atoms with Crippen molar-refractivity contribution in [1.29, 1.82) is 0 Å². The number of carboxylic acids is 1. The fourth-order valence-corrected chi connectivity index (χ4v) is 3.78. The molecule has 0 atom stereocenters. The fraction of sp³-hybridized carbons (Fsp3) is 0.364. The predicted molar refractivity (Wildman–Crippen MR) is 110 cm³/mol. The molecule has 29 heavy (non-hydrogen) atoms. The number of fused-ring (bicyclic) bond motifs is 1. The van der Waals surface area contributed by atoms with Gasteiger partial charge >= 0.3 is 5.97 Å². The lowest BCUT2D eigenvalue weighted by atomic mass is 9.80. The molecule has 4 rings (SSSR count). The Hall–Kier alpha value is -3.22. The number of carboxylic acid groups (broad SMARTS) is 1. The summed E-state index contributed by atoms with van der Waals surface area (Å²) in [6, 6.07) is 9.72. The maximum atomic E-state index is 13.1. The van der Waals surface area contributed by atoms with Crippen LogP contribution in [0.5, 0.6) is 0 Å². The molecule has 1 aromatic carbocycles. The van der Waals surface area contributed by atoms with Crippen molar-refractivity contribution in [2.45, 2.75) is 45.7 Å². The maximum absolute atomic E-state index is 13.1. The summed E-state index contributed by atoms with van der Waals surface area (Å²) in [6.07, 6.45) is 2.61. The third-order valence-corrected chi connectivity index (χ3v) is 5.54. The summed E-state index contributed by atoms with van der Waals surface area (Å²) >= 11 is 0. The Morgan fingerprint density at radius 3 is 2.62 bits per heavy atom. The Labute approximate surface area is 168 Å². The van der Waals surface area contributed by atoms with E-state index in [-0.39, 0.29) is 23.9 Å². The molecule has 0 aliphatic heterocycles. The fourth-order valence-electron chi connectivity index (χ4n) is 3.78. The average molecular weight is 392 g/mol. The van der Waals surface area contributed by atoms with Crippen LogP contribution in [-0.4, -0.2) is 37.8 Å². The summed E-state index contributed by atoms with van der Waals surface area (Å²) in [7, 11) is 0. The zero-order valence-electron chi connectivity index (χ0n) is 16.7. The summed E-state index contributed by atoms with van der Waals surface area (Å²) in [5, 5.41) is 17.2. The third kappa shape index (κ3) is 3.48. The second kappa shape index (κ2) is 7.31. The molecule has 3 aromatic rings. The molecule has 2 aromatic heterocycles. The minimum Gasteiger partial charge on any atom is -0.481 e. The Morgan fingerprint density at radius 2 is 1.97 bits per heavy atom. The number of benzene rings is 1. The lowest BCUT2D eigenvalue weighted by Gasteiger charge is -2.32. The second-order valence-corrected chi connectivity index (χ2v) is 7.97. The summed E-state index contributed by atoms with van der Waals surface area (Å²) in [4.78, 5) is 28.9. The first-order valence-corrected chi connectivity index (χ1v) is 9.83. The number of hydrogen-bond acceptors (Lipinski definition) is 4. The molecule has 0 saturated heterocycles. The van der Waals surface area contributed by atoms with Crippen LogP contribution in [0.25, 0.3) is 22.3 Å². The van der Waals surface area contributed by atoms with Gasteiger partial charge in [0.25, 0.3) is 5.91 Å². The van der Waals surface area contributed by atoms with E-state index in [1.54, 1.807) is 12.3 Å². The molecule has 2 N–H and O–H groups in total. The van der Waals surface area contributed by atoms with Gasteiger partial charge in [-0.05, 0) is 45.2 Å².